The molecule has 0 aliphatic rings. The lowest BCUT2D eigenvalue weighted by atomic mass is 9.96. The average Bonchev–Trinajstić information content (AvgIpc) is 2.69. The zero-order chi connectivity index (χ0) is 23.2. The molecule has 0 heterocycles. The highest BCUT2D eigenvalue weighted by Gasteiger charge is 2.20. The van der Waals surface area contributed by atoms with Crippen LogP contribution in [0, 0.1) is 23.3 Å². The first-order valence-electron chi connectivity index (χ1n) is 9.05. The van der Waals surface area contributed by atoms with Crippen LogP contribution in [0.15, 0.2) is 60.7 Å². The lowest BCUT2D eigenvalue weighted by Gasteiger charge is -2.14. The first-order valence-corrected chi connectivity index (χ1v) is 10.6. The SMILES string of the molecule is Fc1cccc(F)c1-c1cc(F)c(-c2cc(Cl)c(-c3ccc(Cl)c(Cl)c3)c(Cl)c2)c(F)c1. The van der Waals surface area contributed by atoms with Crippen molar-refractivity contribution in [1.82, 2.24) is 0 Å². The van der Waals surface area contributed by atoms with E-state index in [4.69, 9.17) is 46.4 Å². The van der Waals surface area contributed by atoms with Crippen LogP contribution in [0.4, 0.5) is 17.6 Å². The van der Waals surface area contributed by atoms with E-state index >= 15 is 0 Å². The smallest absolute Gasteiger partial charge is 0.134 e. The van der Waals surface area contributed by atoms with Crippen molar-refractivity contribution in [2.45, 2.75) is 0 Å². The highest BCUT2D eigenvalue weighted by atomic mass is 35.5. The van der Waals surface area contributed by atoms with Crippen molar-refractivity contribution >= 4 is 46.4 Å². The van der Waals surface area contributed by atoms with Gasteiger partial charge in [0.25, 0.3) is 0 Å². The molecule has 162 valence electrons. The summed E-state index contributed by atoms with van der Waals surface area (Å²) >= 11 is 24.8. The van der Waals surface area contributed by atoms with E-state index in [1.165, 1.54) is 12.1 Å². The Kier molecular flexibility index (Phi) is 6.42. The molecule has 4 aromatic rings. The highest BCUT2D eigenvalue weighted by molar-refractivity contribution is 6.43. The molecule has 0 atom stereocenters. The van der Waals surface area contributed by atoms with Gasteiger partial charge in [0.15, 0.2) is 0 Å². The van der Waals surface area contributed by atoms with Crippen LogP contribution in [0.5, 0.6) is 0 Å². The lowest BCUT2D eigenvalue weighted by Crippen LogP contribution is -1.96. The maximum absolute atomic E-state index is 14.9. The quantitative estimate of drug-likeness (QED) is 0.238. The third-order valence-electron chi connectivity index (χ3n) is 4.83. The first kappa shape index (κ1) is 22.9. The predicted molar refractivity (Wildman–Crippen MR) is 123 cm³/mol. The minimum Gasteiger partial charge on any atom is -0.206 e. The molecule has 8 heteroatoms. The van der Waals surface area contributed by atoms with Gasteiger partial charge in [0.2, 0.25) is 0 Å². The van der Waals surface area contributed by atoms with Crippen molar-refractivity contribution in [1.29, 1.82) is 0 Å². The van der Waals surface area contributed by atoms with Crippen molar-refractivity contribution in [3.63, 3.8) is 0 Å². The van der Waals surface area contributed by atoms with Crippen LogP contribution < -0.4 is 0 Å². The highest BCUT2D eigenvalue weighted by Crippen LogP contribution is 2.42. The van der Waals surface area contributed by atoms with E-state index in [0.717, 1.165) is 30.3 Å². The molecule has 0 aliphatic carbocycles. The molecule has 4 aromatic carbocycles. The minimum absolute atomic E-state index is 0.0550. The second-order valence-corrected chi connectivity index (χ2v) is 8.48. The summed E-state index contributed by atoms with van der Waals surface area (Å²) in [5.74, 6) is -3.93. The van der Waals surface area contributed by atoms with Crippen LogP contribution in [0.2, 0.25) is 20.1 Å². The Morgan fingerprint density at radius 2 is 0.875 bits per heavy atom. The van der Waals surface area contributed by atoms with E-state index in [2.05, 4.69) is 0 Å². The second-order valence-electron chi connectivity index (χ2n) is 6.86. The number of rotatable bonds is 3. The number of hydrogen-bond donors (Lipinski definition) is 0. The van der Waals surface area contributed by atoms with Gasteiger partial charge in [-0.2, -0.15) is 0 Å². The molecule has 0 aromatic heterocycles. The molecule has 4 rings (SSSR count). The van der Waals surface area contributed by atoms with Crippen molar-refractivity contribution < 1.29 is 17.6 Å². The van der Waals surface area contributed by atoms with Crippen LogP contribution in [0.25, 0.3) is 33.4 Å². The topological polar surface area (TPSA) is 0 Å². The lowest BCUT2D eigenvalue weighted by molar-refractivity contribution is 0.582. The normalized spacial score (nSPS) is 11.1. The first-order chi connectivity index (χ1) is 15.2. The summed E-state index contributed by atoms with van der Waals surface area (Å²) in [6.45, 7) is 0. The van der Waals surface area contributed by atoms with E-state index in [0.29, 0.717) is 16.1 Å². The molecule has 0 saturated carbocycles. The zero-order valence-electron chi connectivity index (χ0n) is 15.8. The second kappa shape index (κ2) is 8.95. The minimum atomic E-state index is -1.03. The van der Waals surface area contributed by atoms with E-state index in [-0.39, 0.29) is 26.2 Å². The molecule has 0 radical (unpaired) electrons. The summed E-state index contributed by atoms with van der Waals surface area (Å²) in [7, 11) is 0. The molecule has 32 heavy (non-hydrogen) atoms. The molecule has 0 unspecified atom stereocenters. The molecule has 0 N–H and O–H groups in total. The fraction of sp³-hybridized carbons (Fsp3) is 0. The van der Waals surface area contributed by atoms with Gasteiger partial charge in [-0.1, -0.05) is 58.5 Å². The predicted octanol–water partition coefficient (Wildman–Crippen LogP) is 9.86. The Morgan fingerprint density at radius 3 is 1.41 bits per heavy atom. The van der Waals surface area contributed by atoms with Crippen molar-refractivity contribution in [3.05, 3.63) is 104 Å². The molecule has 0 spiro atoms. The molecule has 0 amide bonds. The largest absolute Gasteiger partial charge is 0.206 e. The number of hydrogen-bond acceptors (Lipinski definition) is 0. The summed E-state index contributed by atoms with van der Waals surface area (Å²) in [5.41, 5.74) is -0.213. The number of halogens is 8. The maximum Gasteiger partial charge on any atom is 0.134 e. The van der Waals surface area contributed by atoms with E-state index in [1.807, 2.05) is 0 Å². The molecule has 0 saturated heterocycles. The third kappa shape index (κ3) is 4.20. The fourth-order valence-electron chi connectivity index (χ4n) is 3.41. The Balaban J connectivity index is 1.83. The van der Waals surface area contributed by atoms with Gasteiger partial charge in [0.1, 0.15) is 23.3 Å². The molecule has 0 fully saturated rings. The van der Waals surface area contributed by atoms with Gasteiger partial charge in [-0.15, -0.1) is 0 Å². The van der Waals surface area contributed by atoms with Gasteiger partial charge < -0.3 is 0 Å². The zero-order valence-corrected chi connectivity index (χ0v) is 18.8. The summed E-state index contributed by atoms with van der Waals surface area (Å²) < 4.78 is 58.0. The van der Waals surface area contributed by atoms with Gasteiger partial charge in [-0.05, 0) is 65.2 Å². The van der Waals surface area contributed by atoms with Crippen molar-refractivity contribution in [3.8, 4) is 33.4 Å². The maximum atomic E-state index is 14.9. The Bertz CT molecular complexity index is 1300. The monoisotopic (exact) mass is 514 g/mol. The van der Waals surface area contributed by atoms with Crippen LogP contribution >= 0.6 is 46.4 Å². The van der Waals surface area contributed by atoms with Gasteiger partial charge in [0, 0.05) is 5.56 Å². The van der Waals surface area contributed by atoms with E-state index < -0.39 is 34.4 Å². The standard InChI is InChI=1S/C24H10Cl4F4/c25-14-5-4-11(6-15(14)26)22-16(27)7-12(8-17(22)28)24-20(31)9-13(10-21(24)32)23-18(29)2-1-3-19(23)30/h1-10H. The van der Waals surface area contributed by atoms with Crippen LogP contribution in [-0.2, 0) is 0 Å². The van der Waals surface area contributed by atoms with E-state index in [1.54, 1.807) is 18.2 Å². The molecular weight excluding hydrogens is 506 g/mol. The van der Waals surface area contributed by atoms with E-state index in [9.17, 15) is 17.6 Å². The summed E-state index contributed by atoms with van der Waals surface area (Å²) in [6.07, 6.45) is 0. The van der Waals surface area contributed by atoms with Gasteiger partial charge >= 0.3 is 0 Å². The fourth-order valence-corrected chi connectivity index (χ4v) is 4.42. The molecule has 0 aliphatic heterocycles. The number of benzene rings is 4. The molecule has 0 bridgehead atoms. The summed E-state index contributed by atoms with van der Waals surface area (Å²) in [4.78, 5) is 0. The van der Waals surface area contributed by atoms with Crippen LogP contribution in [0.3, 0.4) is 0 Å². The van der Waals surface area contributed by atoms with Crippen molar-refractivity contribution in [2.75, 3.05) is 0 Å². The van der Waals surface area contributed by atoms with Gasteiger partial charge in [0.05, 0.1) is 31.2 Å². The summed E-state index contributed by atoms with van der Waals surface area (Å²) in [5, 5.41) is 0.867. The Morgan fingerprint density at radius 1 is 0.406 bits per heavy atom. The van der Waals surface area contributed by atoms with Crippen molar-refractivity contribution in [2.24, 2.45) is 0 Å². The third-order valence-corrected chi connectivity index (χ3v) is 6.17. The Hall–Kier alpha value is -2.24. The van der Waals surface area contributed by atoms with Gasteiger partial charge in [-0.25, -0.2) is 17.6 Å². The summed E-state index contributed by atoms with van der Waals surface area (Å²) in [6, 6.07) is 12.4. The van der Waals surface area contributed by atoms with Crippen LogP contribution in [-0.4, -0.2) is 0 Å². The van der Waals surface area contributed by atoms with Crippen LogP contribution in [0.1, 0.15) is 0 Å². The molecule has 0 nitrogen and oxygen atoms in total. The Labute approximate surface area is 200 Å². The van der Waals surface area contributed by atoms with Gasteiger partial charge in [-0.3, -0.25) is 0 Å². The molecular formula is C24H10Cl4F4. The average molecular weight is 516 g/mol.